The highest BCUT2D eigenvalue weighted by Gasteiger charge is 2.27. The first kappa shape index (κ1) is 14.5. The second-order valence-electron chi connectivity index (χ2n) is 5.08. The Balaban J connectivity index is 2.08. The number of unbranched alkanes of at least 4 members (excludes halogenated alkanes) is 5. The van der Waals surface area contributed by atoms with E-state index in [1.54, 1.807) is 0 Å². The van der Waals surface area contributed by atoms with Gasteiger partial charge in [-0.1, -0.05) is 39.0 Å². The number of amides is 1. The van der Waals surface area contributed by atoms with Crippen molar-refractivity contribution in [3.63, 3.8) is 0 Å². The number of hydrogen-bond donors (Lipinski definition) is 1. The summed E-state index contributed by atoms with van der Waals surface area (Å²) in [5.41, 5.74) is 0. The van der Waals surface area contributed by atoms with E-state index in [0.29, 0.717) is 6.42 Å². The summed E-state index contributed by atoms with van der Waals surface area (Å²) >= 11 is 0. The van der Waals surface area contributed by atoms with Gasteiger partial charge in [-0.15, -0.1) is 0 Å². The molecule has 0 aromatic carbocycles. The van der Waals surface area contributed by atoms with Crippen LogP contribution in [0.25, 0.3) is 0 Å². The summed E-state index contributed by atoms with van der Waals surface area (Å²) in [5, 5.41) is 9.16. The first-order valence-corrected chi connectivity index (χ1v) is 7.20. The molecule has 0 bridgehead atoms. The van der Waals surface area contributed by atoms with Gasteiger partial charge in [0.15, 0.2) is 0 Å². The molecule has 3 nitrogen and oxygen atoms in total. The minimum atomic E-state index is 0.0996. The van der Waals surface area contributed by atoms with E-state index in [-0.39, 0.29) is 18.6 Å². The van der Waals surface area contributed by atoms with Crippen molar-refractivity contribution in [2.75, 3.05) is 13.2 Å². The lowest BCUT2D eigenvalue weighted by Crippen LogP contribution is -2.37. The number of nitrogens with zero attached hydrogens (tertiary/aromatic N) is 1. The number of carbonyl (C=O) groups is 1. The van der Waals surface area contributed by atoms with Gasteiger partial charge in [-0.2, -0.15) is 0 Å². The molecule has 1 heterocycles. The maximum absolute atomic E-state index is 11.9. The van der Waals surface area contributed by atoms with Crippen LogP contribution in [0.5, 0.6) is 0 Å². The molecule has 1 atom stereocenters. The molecule has 0 saturated carbocycles. The molecule has 0 spiro atoms. The smallest absolute Gasteiger partial charge is 0.222 e. The number of aliphatic hydroxyl groups is 1. The Hall–Kier alpha value is -0.570. The molecule has 0 aromatic rings. The first-order valence-electron chi connectivity index (χ1n) is 7.20. The van der Waals surface area contributed by atoms with Crippen LogP contribution in [-0.4, -0.2) is 35.1 Å². The zero-order chi connectivity index (χ0) is 12.5. The number of aliphatic hydroxyl groups excluding tert-OH is 1. The van der Waals surface area contributed by atoms with Crippen molar-refractivity contribution < 1.29 is 9.90 Å². The molecule has 1 unspecified atom stereocenters. The summed E-state index contributed by atoms with van der Waals surface area (Å²) < 4.78 is 0. The van der Waals surface area contributed by atoms with E-state index in [4.69, 9.17) is 5.11 Å². The number of hydrogen-bond acceptors (Lipinski definition) is 2. The van der Waals surface area contributed by atoms with Crippen molar-refractivity contribution in [3.05, 3.63) is 0 Å². The summed E-state index contributed by atoms with van der Waals surface area (Å²) in [4.78, 5) is 13.8. The number of carbonyl (C=O) groups excluding carboxylic acids is 1. The van der Waals surface area contributed by atoms with Crippen LogP contribution in [0.2, 0.25) is 0 Å². The van der Waals surface area contributed by atoms with Gasteiger partial charge in [-0.25, -0.2) is 0 Å². The zero-order valence-corrected chi connectivity index (χ0v) is 11.2. The monoisotopic (exact) mass is 241 g/mol. The van der Waals surface area contributed by atoms with Gasteiger partial charge < -0.3 is 10.0 Å². The van der Waals surface area contributed by atoms with Gasteiger partial charge >= 0.3 is 0 Å². The van der Waals surface area contributed by atoms with E-state index in [0.717, 1.165) is 25.8 Å². The molecule has 0 aromatic heterocycles. The summed E-state index contributed by atoms with van der Waals surface area (Å²) in [7, 11) is 0. The highest BCUT2D eigenvalue weighted by molar-refractivity contribution is 5.76. The summed E-state index contributed by atoms with van der Waals surface area (Å²) in [5.74, 6) is 0.247. The average molecular weight is 241 g/mol. The van der Waals surface area contributed by atoms with Crippen LogP contribution in [0.4, 0.5) is 0 Å². The van der Waals surface area contributed by atoms with E-state index in [2.05, 4.69) is 6.92 Å². The summed E-state index contributed by atoms with van der Waals surface area (Å²) in [6.45, 7) is 3.19. The average Bonchev–Trinajstić information content (AvgIpc) is 2.81. The fraction of sp³-hybridized carbons (Fsp3) is 0.929. The molecule has 0 radical (unpaired) electrons. The topological polar surface area (TPSA) is 40.5 Å². The van der Waals surface area contributed by atoms with Gasteiger partial charge in [0, 0.05) is 13.0 Å². The summed E-state index contributed by atoms with van der Waals surface area (Å²) in [6.07, 6.45) is 10.0. The molecule has 1 aliphatic rings. The molecular formula is C14H27NO2. The lowest BCUT2D eigenvalue weighted by molar-refractivity contribution is -0.132. The van der Waals surface area contributed by atoms with E-state index < -0.39 is 0 Å². The van der Waals surface area contributed by atoms with Crippen LogP contribution in [0.1, 0.15) is 64.7 Å². The SMILES string of the molecule is CCCCCCCCC(=O)N1CCCC1CO. The molecule has 1 aliphatic heterocycles. The number of rotatable bonds is 8. The zero-order valence-electron chi connectivity index (χ0n) is 11.2. The molecule has 3 heteroatoms. The fourth-order valence-electron chi connectivity index (χ4n) is 2.55. The predicted octanol–water partition coefficient (Wildman–Crippen LogP) is 2.72. The Morgan fingerprint density at radius 3 is 2.65 bits per heavy atom. The Bertz CT molecular complexity index is 218. The second kappa shape index (κ2) is 8.51. The van der Waals surface area contributed by atoms with Crippen LogP contribution >= 0.6 is 0 Å². The van der Waals surface area contributed by atoms with Crippen LogP contribution in [0, 0.1) is 0 Å². The Morgan fingerprint density at radius 2 is 1.94 bits per heavy atom. The van der Waals surface area contributed by atoms with E-state index >= 15 is 0 Å². The molecule has 1 N–H and O–H groups in total. The van der Waals surface area contributed by atoms with Crippen molar-refractivity contribution >= 4 is 5.91 Å². The lowest BCUT2D eigenvalue weighted by Gasteiger charge is -2.22. The van der Waals surface area contributed by atoms with Crippen LogP contribution in [0.15, 0.2) is 0 Å². The Kier molecular flexibility index (Phi) is 7.25. The Labute approximate surface area is 105 Å². The number of likely N-dealkylation sites (tertiary alicyclic amines) is 1. The Morgan fingerprint density at radius 1 is 1.24 bits per heavy atom. The third kappa shape index (κ3) is 5.07. The molecule has 100 valence electrons. The third-order valence-electron chi connectivity index (χ3n) is 3.65. The molecule has 0 aliphatic carbocycles. The van der Waals surface area contributed by atoms with E-state index in [1.165, 1.54) is 32.1 Å². The normalized spacial score (nSPS) is 19.9. The van der Waals surface area contributed by atoms with Gasteiger partial charge in [0.05, 0.1) is 12.6 Å². The van der Waals surface area contributed by atoms with Crippen molar-refractivity contribution in [3.8, 4) is 0 Å². The van der Waals surface area contributed by atoms with Crippen molar-refractivity contribution in [1.29, 1.82) is 0 Å². The third-order valence-corrected chi connectivity index (χ3v) is 3.65. The maximum Gasteiger partial charge on any atom is 0.222 e. The van der Waals surface area contributed by atoms with E-state index in [1.807, 2.05) is 4.90 Å². The highest BCUT2D eigenvalue weighted by Crippen LogP contribution is 2.18. The van der Waals surface area contributed by atoms with Crippen LogP contribution in [-0.2, 0) is 4.79 Å². The van der Waals surface area contributed by atoms with Crippen molar-refractivity contribution in [1.82, 2.24) is 4.90 Å². The molecule has 1 rings (SSSR count). The van der Waals surface area contributed by atoms with Gasteiger partial charge in [0.2, 0.25) is 5.91 Å². The lowest BCUT2D eigenvalue weighted by atomic mass is 10.1. The van der Waals surface area contributed by atoms with Crippen LogP contribution < -0.4 is 0 Å². The first-order chi connectivity index (χ1) is 8.29. The maximum atomic E-state index is 11.9. The minimum Gasteiger partial charge on any atom is -0.394 e. The molecule has 1 amide bonds. The highest BCUT2D eigenvalue weighted by atomic mass is 16.3. The summed E-state index contributed by atoms with van der Waals surface area (Å²) in [6, 6.07) is 0.0996. The van der Waals surface area contributed by atoms with Gasteiger partial charge in [-0.3, -0.25) is 4.79 Å². The standard InChI is InChI=1S/C14H27NO2/c1-2-3-4-5-6-7-10-14(17)15-11-8-9-13(15)12-16/h13,16H,2-12H2,1H3. The van der Waals surface area contributed by atoms with Gasteiger partial charge in [0.25, 0.3) is 0 Å². The second-order valence-corrected chi connectivity index (χ2v) is 5.08. The van der Waals surface area contributed by atoms with Gasteiger partial charge in [0.1, 0.15) is 0 Å². The van der Waals surface area contributed by atoms with E-state index in [9.17, 15) is 4.79 Å². The molecular weight excluding hydrogens is 214 g/mol. The minimum absolute atomic E-state index is 0.0996. The van der Waals surface area contributed by atoms with Crippen molar-refractivity contribution in [2.45, 2.75) is 70.8 Å². The van der Waals surface area contributed by atoms with Crippen LogP contribution in [0.3, 0.4) is 0 Å². The molecule has 1 saturated heterocycles. The fourth-order valence-corrected chi connectivity index (χ4v) is 2.55. The quantitative estimate of drug-likeness (QED) is 0.664. The largest absolute Gasteiger partial charge is 0.394 e. The van der Waals surface area contributed by atoms with Crippen molar-refractivity contribution in [2.24, 2.45) is 0 Å². The molecule has 17 heavy (non-hydrogen) atoms. The predicted molar refractivity (Wildman–Crippen MR) is 69.8 cm³/mol. The molecule has 1 fully saturated rings. The van der Waals surface area contributed by atoms with Gasteiger partial charge in [-0.05, 0) is 19.3 Å².